The first kappa shape index (κ1) is 14.5. The molecule has 20 heavy (non-hydrogen) atoms. The zero-order chi connectivity index (χ0) is 14.4. The summed E-state index contributed by atoms with van der Waals surface area (Å²) in [4.78, 5) is 12.0. The summed E-state index contributed by atoms with van der Waals surface area (Å²) in [5.41, 5.74) is 1.26. The molecule has 0 atom stereocenters. The minimum atomic E-state index is -0.00126. The van der Waals surface area contributed by atoms with E-state index < -0.39 is 0 Å². The number of thiocarbonyl (C=S) groups is 1. The lowest BCUT2D eigenvalue weighted by atomic mass is 9.89. The number of hydrogen-bond acceptors (Lipinski definition) is 3. The SMILES string of the molecule is N#Cc1cccc(NC(=S)NC(=O)C2CCCCC2)c1. The smallest absolute Gasteiger partial charge is 0.229 e. The van der Waals surface area contributed by atoms with E-state index in [-0.39, 0.29) is 16.9 Å². The Kier molecular flexibility index (Phi) is 5.08. The minimum absolute atomic E-state index is 0.00126. The third-order valence-electron chi connectivity index (χ3n) is 3.46. The van der Waals surface area contributed by atoms with Gasteiger partial charge in [0.2, 0.25) is 5.91 Å². The molecule has 2 rings (SSSR count). The predicted octanol–water partition coefficient (Wildman–Crippen LogP) is 2.95. The van der Waals surface area contributed by atoms with Crippen LogP contribution in [-0.4, -0.2) is 11.0 Å². The van der Waals surface area contributed by atoms with Gasteiger partial charge in [0.25, 0.3) is 0 Å². The van der Waals surface area contributed by atoms with Gasteiger partial charge >= 0.3 is 0 Å². The van der Waals surface area contributed by atoms with Crippen LogP contribution in [0, 0.1) is 17.2 Å². The summed E-state index contributed by atoms with van der Waals surface area (Å²) in [6.45, 7) is 0. The van der Waals surface area contributed by atoms with Crippen molar-refractivity contribution >= 4 is 28.9 Å². The molecule has 0 saturated heterocycles. The molecule has 1 saturated carbocycles. The van der Waals surface area contributed by atoms with Gasteiger partial charge in [-0.05, 0) is 43.3 Å². The molecule has 1 aromatic rings. The van der Waals surface area contributed by atoms with Gasteiger partial charge < -0.3 is 10.6 Å². The van der Waals surface area contributed by atoms with Gasteiger partial charge in [-0.1, -0.05) is 25.3 Å². The molecule has 1 aliphatic carbocycles. The average Bonchev–Trinajstić information content (AvgIpc) is 2.48. The highest BCUT2D eigenvalue weighted by atomic mass is 32.1. The maximum Gasteiger partial charge on any atom is 0.229 e. The molecular weight excluding hydrogens is 270 g/mol. The fraction of sp³-hybridized carbons (Fsp3) is 0.400. The molecule has 1 aliphatic rings. The van der Waals surface area contributed by atoms with Crippen LogP contribution >= 0.6 is 12.2 Å². The summed E-state index contributed by atoms with van der Waals surface area (Å²) in [6.07, 6.45) is 5.33. The number of hydrogen-bond donors (Lipinski definition) is 2. The Morgan fingerprint density at radius 2 is 2.05 bits per heavy atom. The van der Waals surface area contributed by atoms with E-state index in [1.54, 1.807) is 24.3 Å². The molecule has 0 unspecified atom stereocenters. The number of carbonyl (C=O) groups excluding carboxylic acids is 1. The Balaban J connectivity index is 1.88. The van der Waals surface area contributed by atoms with E-state index in [0.717, 1.165) is 25.7 Å². The predicted molar refractivity (Wildman–Crippen MR) is 82.1 cm³/mol. The Bertz CT molecular complexity index is 544. The molecule has 0 aliphatic heterocycles. The van der Waals surface area contributed by atoms with E-state index in [1.165, 1.54) is 6.42 Å². The highest BCUT2D eigenvalue weighted by Gasteiger charge is 2.21. The first-order valence-electron chi connectivity index (χ1n) is 6.81. The summed E-state index contributed by atoms with van der Waals surface area (Å²) in [5, 5.41) is 14.8. The number of anilines is 1. The Labute approximate surface area is 124 Å². The highest BCUT2D eigenvalue weighted by Crippen LogP contribution is 2.23. The van der Waals surface area contributed by atoms with Gasteiger partial charge in [0.15, 0.2) is 5.11 Å². The molecule has 1 fully saturated rings. The van der Waals surface area contributed by atoms with Gasteiger partial charge in [0, 0.05) is 11.6 Å². The fourth-order valence-electron chi connectivity index (χ4n) is 2.41. The third-order valence-corrected chi connectivity index (χ3v) is 3.67. The minimum Gasteiger partial charge on any atom is -0.332 e. The lowest BCUT2D eigenvalue weighted by Gasteiger charge is -2.21. The van der Waals surface area contributed by atoms with Crippen molar-refractivity contribution in [1.29, 1.82) is 5.26 Å². The van der Waals surface area contributed by atoms with Crippen LogP contribution in [0.15, 0.2) is 24.3 Å². The standard InChI is InChI=1S/C15H17N3OS/c16-10-11-5-4-8-13(9-11)17-15(20)18-14(19)12-6-2-1-3-7-12/h4-5,8-9,12H,1-3,6-7H2,(H2,17,18,19,20). The summed E-state index contributed by atoms with van der Waals surface area (Å²) >= 11 is 5.14. The van der Waals surface area contributed by atoms with Crippen molar-refractivity contribution in [2.24, 2.45) is 5.92 Å². The van der Waals surface area contributed by atoms with Gasteiger partial charge in [0.1, 0.15) is 0 Å². The monoisotopic (exact) mass is 287 g/mol. The van der Waals surface area contributed by atoms with Crippen LogP contribution in [0.5, 0.6) is 0 Å². The van der Waals surface area contributed by atoms with E-state index in [2.05, 4.69) is 16.7 Å². The first-order chi connectivity index (χ1) is 9.69. The van der Waals surface area contributed by atoms with E-state index in [1.807, 2.05) is 0 Å². The molecule has 0 heterocycles. The number of benzene rings is 1. The molecule has 5 heteroatoms. The quantitative estimate of drug-likeness (QED) is 0.821. The van der Waals surface area contributed by atoms with Gasteiger partial charge in [0.05, 0.1) is 11.6 Å². The van der Waals surface area contributed by atoms with Crippen molar-refractivity contribution < 1.29 is 4.79 Å². The lowest BCUT2D eigenvalue weighted by Crippen LogP contribution is -2.38. The third kappa shape index (κ3) is 4.04. The Hall–Kier alpha value is -1.93. The van der Waals surface area contributed by atoms with E-state index in [9.17, 15) is 4.79 Å². The molecule has 0 spiro atoms. The second kappa shape index (κ2) is 7.01. The van der Waals surface area contributed by atoms with Gasteiger partial charge in [-0.2, -0.15) is 5.26 Å². The molecule has 0 radical (unpaired) electrons. The van der Waals surface area contributed by atoms with Crippen LogP contribution in [0.2, 0.25) is 0 Å². The van der Waals surface area contributed by atoms with Crippen LogP contribution in [0.4, 0.5) is 5.69 Å². The van der Waals surface area contributed by atoms with Crippen molar-refractivity contribution in [2.75, 3.05) is 5.32 Å². The largest absolute Gasteiger partial charge is 0.332 e. The highest BCUT2D eigenvalue weighted by molar-refractivity contribution is 7.80. The van der Waals surface area contributed by atoms with Crippen LogP contribution in [-0.2, 0) is 4.79 Å². The number of carbonyl (C=O) groups is 1. The maximum absolute atomic E-state index is 12.0. The molecule has 4 nitrogen and oxygen atoms in total. The van der Waals surface area contributed by atoms with Crippen molar-refractivity contribution in [3.05, 3.63) is 29.8 Å². The zero-order valence-electron chi connectivity index (χ0n) is 11.2. The summed E-state index contributed by atoms with van der Waals surface area (Å²) in [5.74, 6) is 0.0765. The van der Waals surface area contributed by atoms with Crippen LogP contribution in [0.1, 0.15) is 37.7 Å². The van der Waals surface area contributed by atoms with E-state index >= 15 is 0 Å². The number of rotatable bonds is 2. The molecular formula is C15H17N3OS. The first-order valence-corrected chi connectivity index (χ1v) is 7.22. The summed E-state index contributed by atoms with van der Waals surface area (Å²) in [6, 6.07) is 9.05. The van der Waals surface area contributed by atoms with Crippen molar-refractivity contribution in [1.82, 2.24) is 5.32 Å². The molecule has 104 valence electrons. The van der Waals surface area contributed by atoms with Crippen LogP contribution in [0.3, 0.4) is 0 Å². The van der Waals surface area contributed by atoms with Gasteiger partial charge in [-0.3, -0.25) is 4.79 Å². The lowest BCUT2D eigenvalue weighted by molar-refractivity contribution is -0.124. The second-order valence-corrected chi connectivity index (χ2v) is 5.38. The molecule has 0 aromatic heterocycles. The van der Waals surface area contributed by atoms with Crippen LogP contribution < -0.4 is 10.6 Å². The van der Waals surface area contributed by atoms with Crippen LogP contribution in [0.25, 0.3) is 0 Å². The van der Waals surface area contributed by atoms with E-state index in [0.29, 0.717) is 11.3 Å². The average molecular weight is 287 g/mol. The molecule has 0 bridgehead atoms. The fourth-order valence-corrected chi connectivity index (χ4v) is 2.63. The Morgan fingerprint density at radius 1 is 1.30 bits per heavy atom. The molecule has 2 N–H and O–H groups in total. The van der Waals surface area contributed by atoms with Crippen molar-refractivity contribution in [3.8, 4) is 6.07 Å². The van der Waals surface area contributed by atoms with Crippen molar-refractivity contribution in [3.63, 3.8) is 0 Å². The maximum atomic E-state index is 12.0. The van der Waals surface area contributed by atoms with Crippen molar-refractivity contribution in [2.45, 2.75) is 32.1 Å². The second-order valence-electron chi connectivity index (χ2n) is 4.97. The van der Waals surface area contributed by atoms with E-state index in [4.69, 9.17) is 17.5 Å². The number of amides is 1. The normalized spacial score (nSPS) is 15.2. The number of nitriles is 1. The zero-order valence-corrected chi connectivity index (χ0v) is 12.0. The summed E-state index contributed by atoms with van der Waals surface area (Å²) in [7, 11) is 0. The molecule has 1 amide bonds. The van der Waals surface area contributed by atoms with Gasteiger partial charge in [-0.25, -0.2) is 0 Å². The summed E-state index contributed by atoms with van der Waals surface area (Å²) < 4.78 is 0. The molecule has 1 aromatic carbocycles. The number of nitrogens with one attached hydrogen (secondary N) is 2. The van der Waals surface area contributed by atoms with Gasteiger partial charge in [-0.15, -0.1) is 0 Å². The number of nitrogens with zero attached hydrogens (tertiary/aromatic N) is 1. The Morgan fingerprint density at radius 3 is 2.75 bits per heavy atom. The topological polar surface area (TPSA) is 64.9 Å².